The number of benzene rings is 1. The quantitative estimate of drug-likeness (QED) is 0.793. The van der Waals surface area contributed by atoms with Gasteiger partial charge in [-0.2, -0.15) is 0 Å². The third-order valence-electron chi connectivity index (χ3n) is 4.41. The highest BCUT2D eigenvalue weighted by Gasteiger charge is 2.36. The number of nitrogens with zero attached hydrogens (tertiary/aromatic N) is 1. The van der Waals surface area contributed by atoms with Gasteiger partial charge in [-0.05, 0) is 56.9 Å². The molecule has 2 atom stereocenters. The van der Waals surface area contributed by atoms with Gasteiger partial charge in [-0.25, -0.2) is 0 Å². The second-order valence-corrected chi connectivity index (χ2v) is 5.68. The van der Waals surface area contributed by atoms with Crippen LogP contribution in [0.4, 0.5) is 0 Å². The average Bonchev–Trinajstić information content (AvgIpc) is 3.04. The van der Waals surface area contributed by atoms with Gasteiger partial charge in [0.2, 0.25) is 0 Å². The summed E-state index contributed by atoms with van der Waals surface area (Å²) in [6.45, 7) is 5.81. The zero-order valence-corrected chi connectivity index (χ0v) is 11.6. The van der Waals surface area contributed by atoms with Crippen molar-refractivity contribution in [3.63, 3.8) is 0 Å². The molecule has 1 aromatic rings. The molecule has 2 heterocycles. The number of hydrogen-bond acceptors (Lipinski definition) is 3. The van der Waals surface area contributed by atoms with E-state index in [2.05, 4.69) is 10.2 Å². The molecule has 0 aliphatic carbocycles. The van der Waals surface area contributed by atoms with Crippen molar-refractivity contribution in [1.82, 2.24) is 10.2 Å². The lowest BCUT2D eigenvalue weighted by atomic mass is 10.1. The zero-order valence-electron chi connectivity index (χ0n) is 11.6. The van der Waals surface area contributed by atoms with Crippen molar-refractivity contribution in [2.24, 2.45) is 5.92 Å². The van der Waals surface area contributed by atoms with E-state index < -0.39 is 0 Å². The lowest BCUT2D eigenvalue weighted by Crippen LogP contribution is -2.34. The fraction of sp³-hybridized carbons (Fsp3) is 0.625. The molecule has 1 aromatic carbocycles. The van der Waals surface area contributed by atoms with Crippen molar-refractivity contribution in [1.29, 1.82) is 0 Å². The summed E-state index contributed by atoms with van der Waals surface area (Å²) < 4.78 is 5.73. The molecule has 104 valence electrons. The van der Waals surface area contributed by atoms with Crippen LogP contribution in [0.5, 0.6) is 5.75 Å². The number of unbranched alkanes of at least 4 members (excludes halogenated alkanes) is 1. The van der Waals surface area contributed by atoms with E-state index in [1.807, 2.05) is 30.3 Å². The van der Waals surface area contributed by atoms with E-state index in [0.29, 0.717) is 0 Å². The number of likely N-dealkylation sites (tertiary alicyclic amines) is 1. The Balaban J connectivity index is 1.31. The normalized spacial score (nSPS) is 26.5. The molecule has 2 unspecified atom stereocenters. The van der Waals surface area contributed by atoms with Crippen LogP contribution < -0.4 is 10.1 Å². The first-order chi connectivity index (χ1) is 9.43. The van der Waals surface area contributed by atoms with Gasteiger partial charge >= 0.3 is 0 Å². The van der Waals surface area contributed by atoms with Gasteiger partial charge in [0.05, 0.1) is 6.61 Å². The highest BCUT2D eigenvalue weighted by atomic mass is 16.5. The molecule has 0 saturated carbocycles. The maximum Gasteiger partial charge on any atom is 0.119 e. The van der Waals surface area contributed by atoms with Crippen LogP contribution in [0.2, 0.25) is 0 Å². The molecule has 19 heavy (non-hydrogen) atoms. The molecular formula is C16H24N2O. The summed E-state index contributed by atoms with van der Waals surface area (Å²) in [6.07, 6.45) is 3.78. The Morgan fingerprint density at radius 2 is 2.05 bits per heavy atom. The molecule has 3 nitrogen and oxygen atoms in total. The predicted molar refractivity (Wildman–Crippen MR) is 77.5 cm³/mol. The fourth-order valence-electron chi connectivity index (χ4n) is 3.34. The van der Waals surface area contributed by atoms with Gasteiger partial charge in [0.15, 0.2) is 0 Å². The molecule has 2 saturated heterocycles. The maximum absolute atomic E-state index is 5.73. The average molecular weight is 260 g/mol. The van der Waals surface area contributed by atoms with Crippen molar-refractivity contribution < 1.29 is 4.74 Å². The summed E-state index contributed by atoms with van der Waals surface area (Å²) in [5.41, 5.74) is 0. The first-order valence-corrected chi connectivity index (χ1v) is 7.56. The van der Waals surface area contributed by atoms with Gasteiger partial charge in [0, 0.05) is 12.6 Å². The van der Waals surface area contributed by atoms with Gasteiger partial charge in [-0.1, -0.05) is 18.2 Å². The number of rotatable bonds is 6. The number of ether oxygens (including phenoxy) is 1. The van der Waals surface area contributed by atoms with E-state index in [1.165, 1.54) is 39.0 Å². The molecule has 2 aliphatic heterocycles. The molecule has 3 heteroatoms. The van der Waals surface area contributed by atoms with E-state index in [-0.39, 0.29) is 0 Å². The van der Waals surface area contributed by atoms with Crippen molar-refractivity contribution in [3.05, 3.63) is 30.3 Å². The SMILES string of the molecule is c1ccc(OCCCCN2CCC3CNCC32)cc1. The number of hydrogen-bond donors (Lipinski definition) is 1. The third kappa shape index (κ3) is 3.28. The van der Waals surface area contributed by atoms with Gasteiger partial charge < -0.3 is 10.1 Å². The fourth-order valence-corrected chi connectivity index (χ4v) is 3.34. The van der Waals surface area contributed by atoms with Crippen molar-refractivity contribution in [2.45, 2.75) is 25.3 Å². The number of para-hydroxylation sites is 1. The lowest BCUT2D eigenvalue weighted by Gasteiger charge is -2.22. The van der Waals surface area contributed by atoms with E-state index in [0.717, 1.165) is 30.7 Å². The zero-order chi connectivity index (χ0) is 12.9. The Kier molecular flexibility index (Phi) is 4.36. The molecule has 0 aromatic heterocycles. The van der Waals surface area contributed by atoms with Crippen molar-refractivity contribution >= 4 is 0 Å². The Morgan fingerprint density at radius 1 is 1.16 bits per heavy atom. The highest BCUT2D eigenvalue weighted by Crippen LogP contribution is 2.27. The summed E-state index contributed by atoms with van der Waals surface area (Å²) in [6, 6.07) is 10.9. The second kappa shape index (κ2) is 6.40. The molecule has 2 fully saturated rings. The van der Waals surface area contributed by atoms with Crippen LogP contribution in [0.15, 0.2) is 30.3 Å². The summed E-state index contributed by atoms with van der Waals surface area (Å²) in [5.74, 6) is 1.91. The van der Waals surface area contributed by atoms with E-state index in [1.54, 1.807) is 0 Å². The summed E-state index contributed by atoms with van der Waals surface area (Å²) in [5, 5.41) is 3.51. The molecule has 1 N–H and O–H groups in total. The van der Waals surface area contributed by atoms with E-state index >= 15 is 0 Å². The largest absolute Gasteiger partial charge is 0.494 e. The molecule has 0 bridgehead atoms. The highest BCUT2D eigenvalue weighted by molar-refractivity contribution is 5.20. The van der Waals surface area contributed by atoms with Crippen LogP contribution in [0.1, 0.15) is 19.3 Å². The summed E-state index contributed by atoms with van der Waals surface area (Å²) >= 11 is 0. The minimum absolute atomic E-state index is 0.815. The smallest absolute Gasteiger partial charge is 0.119 e. The summed E-state index contributed by atoms with van der Waals surface area (Å²) in [7, 11) is 0. The van der Waals surface area contributed by atoms with E-state index in [9.17, 15) is 0 Å². The van der Waals surface area contributed by atoms with Crippen LogP contribution in [-0.4, -0.2) is 43.7 Å². The van der Waals surface area contributed by atoms with Gasteiger partial charge in [0.1, 0.15) is 5.75 Å². The number of nitrogens with one attached hydrogen (secondary N) is 1. The molecule has 0 spiro atoms. The van der Waals surface area contributed by atoms with Crippen LogP contribution in [-0.2, 0) is 0 Å². The standard InChI is InChI=1S/C16H24N2O/c1-2-6-15(7-3-1)19-11-5-4-9-18-10-8-14-12-17-13-16(14)18/h1-3,6-7,14,16-17H,4-5,8-13H2. The molecule has 0 radical (unpaired) electrons. The minimum Gasteiger partial charge on any atom is -0.494 e. The second-order valence-electron chi connectivity index (χ2n) is 5.68. The Bertz CT molecular complexity index is 382. The molecule has 3 rings (SSSR count). The Hall–Kier alpha value is -1.06. The van der Waals surface area contributed by atoms with Gasteiger partial charge in [-0.3, -0.25) is 4.90 Å². The third-order valence-corrected chi connectivity index (χ3v) is 4.41. The summed E-state index contributed by atoms with van der Waals surface area (Å²) in [4.78, 5) is 2.67. The van der Waals surface area contributed by atoms with Crippen molar-refractivity contribution in [3.8, 4) is 5.75 Å². The Morgan fingerprint density at radius 3 is 2.95 bits per heavy atom. The molecule has 2 aliphatic rings. The van der Waals surface area contributed by atoms with Gasteiger partial charge in [0.25, 0.3) is 0 Å². The topological polar surface area (TPSA) is 24.5 Å². The molecule has 0 amide bonds. The maximum atomic E-state index is 5.73. The first kappa shape index (κ1) is 12.9. The monoisotopic (exact) mass is 260 g/mol. The predicted octanol–water partition coefficient (Wildman–Crippen LogP) is 2.14. The van der Waals surface area contributed by atoms with Gasteiger partial charge in [-0.15, -0.1) is 0 Å². The van der Waals surface area contributed by atoms with Crippen LogP contribution in [0, 0.1) is 5.92 Å². The number of fused-ring (bicyclic) bond motifs is 1. The lowest BCUT2D eigenvalue weighted by molar-refractivity contribution is 0.234. The van der Waals surface area contributed by atoms with Crippen LogP contribution >= 0.6 is 0 Å². The van der Waals surface area contributed by atoms with Crippen molar-refractivity contribution in [2.75, 3.05) is 32.8 Å². The first-order valence-electron chi connectivity index (χ1n) is 7.56. The van der Waals surface area contributed by atoms with Crippen LogP contribution in [0.25, 0.3) is 0 Å². The van der Waals surface area contributed by atoms with E-state index in [4.69, 9.17) is 4.74 Å². The molecular weight excluding hydrogens is 236 g/mol. The van der Waals surface area contributed by atoms with Crippen LogP contribution in [0.3, 0.4) is 0 Å². The Labute approximate surface area is 115 Å². The minimum atomic E-state index is 0.815.